The van der Waals surface area contributed by atoms with Gasteiger partial charge in [0, 0.05) is 12.2 Å². The predicted molar refractivity (Wildman–Crippen MR) is 116 cm³/mol. The summed E-state index contributed by atoms with van der Waals surface area (Å²) in [5.41, 5.74) is 11.7. The maximum atomic E-state index is 6.49. The summed E-state index contributed by atoms with van der Waals surface area (Å²) in [5, 5.41) is 4.06. The Balaban J connectivity index is 1.51. The monoisotopic (exact) mass is 388 g/mol. The summed E-state index contributed by atoms with van der Waals surface area (Å²) in [5.74, 6) is 1.32. The van der Waals surface area contributed by atoms with Gasteiger partial charge in [-0.2, -0.15) is 0 Å². The minimum atomic E-state index is 0.537. The highest BCUT2D eigenvalue weighted by Gasteiger charge is 2.22. The second-order valence-corrected chi connectivity index (χ2v) is 7.99. The number of nitrogens with one attached hydrogen (secondary N) is 1. The lowest BCUT2D eigenvalue weighted by atomic mass is 10.0. The van der Waals surface area contributed by atoms with Crippen molar-refractivity contribution in [3.8, 4) is 0 Å². The predicted octanol–water partition coefficient (Wildman–Crippen LogP) is 4.80. The number of aryl methyl sites for hydroxylation is 2. The first-order valence-electron chi connectivity index (χ1n) is 9.29. The van der Waals surface area contributed by atoms with Crippen LogP contribution < -0.4 is 16.0 Å². The molecule has 3 heterocycles. The van der Waals surface area contributed by atoms with Gasteiger partial charge < -0.3 is 16.0 Å². The molecule has 0 aliphatic carbocycles. The first kappa shape index (κ1) is 16.9. The van der Waals surface area contributed by atoms with Crippen LogP contribution in [-0.4, -0.2) is 21.5 Å². The van der Waals surface area contributed by atoms with Gasteiger partial charge >= 0.3 is 0 Å². The average Bonchev–Trinajstić information content (AvgIpc) is 3.11. The smallest absolute Gasteiger partial charge is 0.189 e. The van der Waals surface area contributed by atoms with Crippen LogP contribution in [-0.2, 0) is 6.42 Å². The van der Waals surface area contributed by atoms with Crippen molar-refractivity contribution in [1.29, 1.82) is 0 Å². The quantitative estimate of drug-likeness (QED) is 0.524. The molecule has 2 aromatic heterocycles. The molecule has 0 radical (unpaired) electrons. The zero-order valence-corrected chi connectivity index (χ0v) is 16.3. The van der Waals surface area contributed by atoms with Crippen molar-refractivity contribution < 1.29 is 0 Å². The highest BCUT2D eigenvalue weighted by Crippen LogP contribution is 2.38. The van der Waals surface area contributed by atoms with Crippen LogP contribution in [0.1, 0.15) is 17.5 Å². The number of hydrogen-bond acceptors (Lipinski definition) is 7. The number of rotatable bonds is 3. The maximum absolute atomic E-state index is 6.49. The summed E-state index contributed by atoms with van der Waals surface area (Å²) in [7, 11) is 0. The number of anilines is 5. The van der Waals surface area contributed by atoms with Crippen LogP contribution in [0, 0.1) is 6.92 Å². The van der Waals surface area contributed by atoms with E-state index >= 15 is 0 Å². The molecule has 7 heteroatoms. The Bertz CT molecular complexity index is 1170. The van der Waals surface area contributed by atoms with Crippen LogP contribution >= 0.6 is 11.3 Å². The number of nitrogens with two attached hydrogens (primary N) is 1. The lowest BCUT2D eigenvalue weighted by molar-refractivity contribution is 0.759. The summed E-state index contributed by atoms with van der Waals surface area (Å²) in [6, 6.07) is 14.7. The van der Waals surface area contributed by atoms with E-state index in [0.29, 0.717) is 11.5 Å². The fraction of sp³-hybridized carbons (Fsp3) is 0.190. The number of benzene rings is 2. The number of para-hydroxylation sites is 1. The van der Waals surface area contributed by atoms with Gasteiger partial charge in [-0.1, -0.05) is 35.6 Å². The minimum Gasteiger partial charge on any atom is -0.393 e. The number of aromatic nitrogens is 3. The molecule has 0 spiro atoms. The zero-order chi connectivity index (χ0) is 19.1. The number of nitrogen functional groups attached to an aromatic ring is 1. The number of thiazole rings is 1. The van der Waals surface area contributed by atoms with Gasteiger partial charge in [0.1, 0.15) is 12.0 Å². The van der Waals surface area contributed by atoms with Crippen LogP contribution in [0.4, 0.5) is 28.1 Å². The molecule has 0 saturated carbocycles. The van der Waals surface area contributed by atoms with Gasteiger partial charge in [0.25, 0.3) is 0 Å². The average molecular weight is 389 g/mol. The molecule has 28 heavy (non-hydrogen) atoms. The molecule has 0 saturated heterocycles. The van der Waals surface area contributed by atoms with E-state index < -0.39 is 0 Å². The summed E-state index contributed by atoms with van der Waals surface area (Å²) in [4.78, 5) is 15.7. The Hall–Kier alpha value is -3.19. The Kier molecular flexibility index (Phi) is 4.09. The van der Waals surface area contributed by atoms with E-state index in [0.717, 1.165) is 40.6 Å². The maximum Gasteiger partial charge on any atom is 0.189 e. The zero-order valence-electron chi connectivity index (χ0n) is 15.5. The van der Waals surface area contributed by atoms with E-state index in [1.54, 1.807) is 17.7 Å². The van der Waals surface area contributed by atoms with Gasteiger partial charge in [-0.3, -0.25) is 0 Å². The molecule has 3 N–H and O–H groups in total. The molecule has 0 amide bonds. The molecule has 2 aromatic carbocycles. The number of fused-ring (bicyclic) bond motifs is 2. The lowest BCUT2D eigenvalue weighted by Crippen LogP contribution is -2.26. The van der Waals surface area contributed by atoms with Crippen molar-refractivity contribution >= 4 is 49.7 Å². The lowest BCUT2D eigenvalue weighted by Gasteiger charge is -2.31. The van der Waals surface area contributed by atoms with Crippen molar-refractivity contribution in [3.05, 3.63) is 59.9 Å². The normalized spacial score (nSPS) is 13.5. The first-order valence-corrected chi connectivity index (χ1v) is 10.1. The largest absolute Gasteiger partial charge is 0.393 e. The van der Waals surface area contributed by atoms with Crippen molar-refractivity contribution in [1.82, 2.24) is 15.0 Å². The third-order valence-electron chi connectivity index (χ3n) is 5.00. The Morgan fingerprint density at radius 2 is 2.04 bits per heavy atom. The third kappa shape index (κ3) is 2.93. The number of hydrogen-bond donors (Lipinski definition) is 2. The second-order valence-electron chi connectivity index (χ2n) is 6.96. The van der Waals surface area contributed by atoms with E-state index in [4.69, 9.17) is 5.73 Å². The summed E-state index contributed by atoms with van der Waals surface area (Å²) >= 11 is 1.59. The van der Waals surface area contributed by atoms with Crippen LogP contribution in [0.2, 0.25) is 0 Å². The summed E-state index contributed by atoms with van der Waals surface area (Å²) < 4.78 is 1.14. The summed E-state index contributed by atoms with van der Waals surface area (Å²) in [6.07, 6.45) is 3.71. The fourth-order valence-corrected chi connectivity index (χ4v) is 4.60. The Morgan fingerprint density at radius 1 is 1.14 bits per heavy atom. The Labute approximate surface area is 167 Å². The molecule has 6 nitrogen and oxygen atoms in total. The summed E-state index contributed by atoms with van der Waals surface area (Å²) in [6.45, 7) is 2.97. The van der Waals surface area contributed by atoms with Gasteiger partial charge in [0.15, 0.2) is 16.8 Å². The van der Waals surface area contributed by atoms with Crippen LogP contribution in [0.5, 0.6) is 0 Å². The second kappa shape index (κ2) is 6.76. The SMILES string of the molecule is Cc1ccc2nc(Nc3ncnc(N4CCCc5ccccc54)c3N)sc2c1. The minimum absolute atomic E-state index is 0.537. The molecular weight excluding hydrogens is 368 g/mol. The fourth-order valence-electron chi connectivity index (χ4n) is 3.64. The number of nitrogens with zero attached hydrogens (tertiary/aromatic N) is 4. The van der Waals surface area contributed by atoms with E-state index in [-0.39, 0.29) is 0 Å². The highest BCUT2D eigenvalue weighted by molar-refractivity contribution is 7.22. The molecule has 0 atom stereocenters. The third-order valence-corrected chi connectivity index (χ3v) is 5.93. The molecule has 0 fully saturated rings. The molecular formula is C21H20N6S. The molecule has 0 unspecified atom stereocenters. The van der Waals surface area contributed by atoms with Crippen molar-refractivity contribution in [2.45, 2.75) is 19.8 Å². The van der Waals surface area contributed by atoms with Crippen LogP contribution in [0.3, 0.4) is 0 Å². The topological polar surface area (TPSA) is 80.0 Å². The highest BCUT2D eigenvalue weighted by atomic mass is 32.1. The molecule has 1 aliphatic rings. The van der Waals surface area contributed by atoms with Crippen molar-refractivity contribution in [3.63, 3.8) is 0 Å². The molecule has 1 aliphatic heterocycles. The van der Waals surface area contributed by atoms with Gasteiger partial charge in [-0.25, -0.2) is 15.0 Å². The van der Waals surface area contributed by atoms with Crippen molar-refractivity contribution in [2.24, 2.45) is 0 Å². The molecule has 140 valence electrons. The van der Waals surface area contributed by atoms with E-state index in [1.165, 1.54) is 16.8 Å². The standard InChI is InChI=1S/C21H20N6S/c1-13-8-9-15-17(11-13)28-21(25-15)26-19-18(22)20(24-12-23-19)27-10-4-6-14-5-2-3-7-16(14)27/h2-3,5,7-9,11-12H,4,6,10,22H2,1H3,(H,23,24,25,26). The van der Waals surface area contributed by atoms with E-state index in [1.807, 2.05) is 6.07 Å². The molecule has 0 bridgehead atoms. The Morgan fingerprint density at radius 3 is 2.96 bits per heavy atom. The van der Waals surface area contributed by atoms with E-state index in [2.05, 4.69) is 68.5 Å². The van der Waals surface area contributed by atoms with Gasteiger partial charge in [0.05, 0.1) is 10.2 Å². The van der Waals surface area contributed by atoms with Gasteiger partial charge in [-0.05, 0) is 49.1 Å². The van der Waals surface area contributed by atoms with Gasteiger partial charge in [-0.15, -0.1) is 0 Å². The van der Waals surface area contributed by atoms with Gasteiger partial charge in [0.2, 0.25) is 0 Å². The first-order chi connectivity index (χ1) is 13.7. The van der Waals surface area contributed by atoms with E-state index in [9.17, 15) is 0 Å². The molecule has 5 rings (SSSR count). The van der Waals surface area contributed by atoms with Crippen molar-refractivity contribution in [2.75, 3.05) is 22.5 Å². The molecule has 4 aromatic rings. The van der Waals surface area contributed by atoms with Crippen LogP contribution in [0.15, 0.2) is 48.8 Å². The van der Waals surface area contributed by atoms with Crippen LogP contribution in [0.25, 0.3) is 10.2 Å².